The summed E-state index contributed by atoms with van der Waals surface area (Å²) in [6.45, 7) is 2.04. The Morgan fingerprint density at radius 3 is 1.81 bits per heavy atom. The van der Waals surface area contributed by atoms with Crippen LogP contribution >= 0.6 is 0 Å². The Morgan fingerprint density at radius 1 is 0.741 bits per heavy atom. The molecule has 0 rings (SSSR count). The molecule has 150 valence electrons. The van der Waals surface area contributed by atoms with Crippen LogP contribution in [-0.2, 0) is 4.79 Å². The number of hydrogen-bond donors (Lipinski definition) is 4. The number of rotatable bonds is 14. The number of aliphatic hydroxyl groups is 3. The van der Waals surface area contributed by atoms with E-state index in [0.717, 1.165) is 6.42 Å². The average molecular weight is 376 g/mol. The maximum absolute atomic E-state index is 10.4. The smallest absolute Gasteiger partial charge is 0.303 e. The Morgan fingerprint density at radius 2 is 1.26 bits per heavy atom. The molecule has 5 nitrogen and oxygen atoms in total. The van der Waals surface area contributed by atoms with E-state index >= 15 is 0 Å². The van der Waals surface area contributed by atoms with Gasteiger partial charge in [-0.2, -0.15) is 0 Å². The normalized spacial score (nSPS) is 16.6. The SMILES string of the molecule is CC/C=C/C[C@H](O)/C=C/C=C/CC(O)/C=C/C=C/C=C/[C@@H](O)CCC(=O)O. The van der Waals surface area contributed by atoms with Gasteiger partial charge in [-0.3, -0.25) is 4.79 Å². The summed E-state index contributed by atoms with van der Waals surface area (Å²) < 4.78 is 0. The number of aliphatic hydroxyl groups excluding tert-OH is 3. The summed E-state index contributed by atoms with van der Waals surface area (Å²) in [7, 11) is 0. The van der Waals surface area contributed by atoms with Gasteiger partial charge in [0.15, 0.2) is 0 Å². The van der Waals surface area contributed by atoms with Crippen molar-refractivity contribution in [3.05, 3.63) is 72.9 Å². The van der Waals surface area contributed by atoms with Gasteiger partial charge in [-0.05, 0) is 25.7 Å². The zero-order chi connectivity index (χ0) is 20.3. The summed E-state index contributed by atoms with van der Waals surface area (Å²) in [6, 6.07) is 0. The van der Waals surface area contributed by atoms with Gasteiger partial charge in [0.25, 0.3) is 0 Å². The Bertz CT molecular complexity index is 555. The first-order valence-electron chi connectivity index (χ1n) is 9.21. The van der Waals surface area contributed by atoms with E-state index < -0.39 is 24.3 Å². The van der Waals surface area contributed by atoms with Crippen LogP contribution in [0.4, 0.5) is 0 Å². The highest BCUT2D eigenvalue weighted by molar-refractivity contribution is 5.66. The standard InChI is InChI=1S/C22H32O5/c1-2-3-7-12-19(23)14-10-6-11-15-20(24)13-8-4-5-9-16-21(25)17-18-22(26)27/h3-11,13-14,16,19-21,23-25H,2,12,15,17-18H2,1H3,(H,26,27)/b5-4+,7-3+,11-6+,13-8+,14-10+,16-9+/t19-,20?,21+/m0/s1. The second kappa shape index (κ2) is 17.2. The Kier molecular flexibility index (Phi) is 15.8. The molecule has 3 atom stereocenters. The first kappa shape index (κ1) is 24.8. The first-order valence-corrected chi connectivity index (χ1v) is 9.21. The van der Waals surface area contributed by atoms with Gasteiger partial charge in [0.2, 0.25) is 0 Å². The zero-order valence-corrected chi connectivity index (χ0v) is 15.9. The van der Waals surface area contributed by atoms with Crippen molar-refractivity contribution in [1.82, 2.24) is 0 Å². The highest BCUT2D eigenvalue weighted by Crippen LogP contribution is 2.00. The molecule has 5 heteroatoms. The van der Waals surface area contributed by atoms with Gasteiger partial charge in [0.05, 0.1) is 18.3 Å². The second-order valence-electron chi connectivity index (χ2n) is 5.95. The number of carbonyl (C=O) groups is 1. The van der Waals surface area contributed by atoms with Crippen LogP contribution in [0.2, 0.25) is 0 Å². The van der Waals surface area contributed by atoms with Gasteiger partial charge in [-0.1, -0.05) is 79.8 Å². The topological polar surface area (TPSA) is 98.0 Å². The second-order valence-corrected chi connectivity index (χ2v) is 5.95. The van der Waals surface area contributed by atoms with Crippen molar-refractivity contribution in [2.75, 3.05) is 0 Å². The van der Waals surface area contributed by atoms with Gasteiger partial charge in [0.1, 0.15) is 0 Å². The Hall–Kier alpha value is -2.21. The van der Waals surface area contributed by atoms with Crippen LogP contribution in [0.5, 0.6) is 0 Å². The molecule has 0 amide bonds. The van der Waals surface area contributed by atoms with Crippen molar-refractivity contribution < 1.29 is 25.2 Å². The fraction of sp³-hybridized carbons (Fsp3) is 0.409. The van der Waals surface area contributed by atoms with Gasteiger partial charge >= 0.3 is 5.97 Å². The molecule has 0 heterocycles. The third-order valence-electron chi connectivity index (χ3n) is 3.39. The monoisotopic (exact) mass is 376 g/mol. The fourth-order valence-corrected chi connectivity index (χ4v) is 1.93. The third-order valence-corrected chi connectivity index (χ3v) is 3.39. The van der Waals surface area contributed by atoms with Crippen molar-refractivity contribution in [1.29, 1.82) is 0 Å². The molecule has 27 heavy (non-hydrogen) atoms. The van der Waals surface area contributed by atoms with E-state index in [2.05, 4.69) is 0 Å². The van der Waals surface area contributed by atoms with E-state index in [9.17, 15) is 20.1 Å². The predicted molar refractivity (Wildman–Crippen MR) is 109 cm³/mol. The molecule has 0 aliphatic heterocycles. The van der Waals surface area contributed by atoms with Gasteiger partial charge in [-0.25, -0.2) is 0 Å². The molecular formula is C22H32O5. The molecular weight excluding hydrogens is 344 g/mol. The molecule has 0 fully saturated rings. The van der Waals surface area contributed by atoms with Crippen LogP contribution in [0.3, 0.4) is 0 Å². The number of hydrogen-bond acceptors (Lipinski definition) is 4. The fourth-order valence-electron chi connectivity index (χ4n) is 1.93. The lowest BCUT2D eigenvalue weighted by Gasteiger charge is -2.00. The quantitative estimate of drug-likeness (QED) is 0.275. The number of carboxylic acids is 1. The average Bonchev–Trinajstić information content (AvgIpc) is 2.62. The van der Waals surface area contributed by atoms with E-state index in [4.69, 9.17) is 5.11 Å². The molecule has 0 aromatic heterocycles. The summed E-state index contributed by atoms with van der Waals surface area (Å²) >= 11 is 0. The molecule has 0 radical (unpaired) electrons. The van der Waals surface area contributed by atoms with E-state index in [1.54, 1.807) is 48.6 Å². The van der Waals surface area contributed by atoms with Crippen molar-refractivity contribution in [2.24, 2.45) is 0 Å². The minimum atomic E-state index is -0.931. The van der Waals surface area contributed by atoms with Crippen molar-refractivity contribution >= 4 is 5.97 Å². The van der Waals surface area contributed by atoms with Gasteiger partial charge in [-0.15, -0.1) is 0 Å². The summed E-state index contributed by atoms with van der Waals surface area (Å²) in [6.07, 6.45) is 21.2. The minimum Gasteiger partial charge on any atom is -0.481 e. The van der Waals surface area contributed by atoms with Crippen molar-refractivity contribution in [3.63, 3.8) is 0 Å². The summed E-state index contributed by atoms with van der Waals surface area (Å²) in [5.74, 6) is -0.931. The Labute approximate surface area is 162 Å². The molecule has 1 unspecified atom stereocenters. The lowest BCUT2D eigenvalue weighted by atomic mass is 10.2. The third kappa shape index (κ3) is 18.4. The number of allylic oxidation sites excluding steroid dienone is 7. The van der Waals surface area contributed by atoms with Crippen LogP contribution in [0.25, 0.3) is 0 Å². The highest BCUT2D eigenvalue weighted by Gasteiger charge is 2.02. The number of carboxylic acid groups (broad SMARTS) is 1. The van der Waals surface area contributed by atoms with E-state index in [1.165, 1.54) is 6.08 Å². The molecule has 0 spiro atoms. The van der Waals surface area contributed by atoms with Crippen LogP contribution in [0.15, 0.2) is 72.9 Å². The molecule has 0 saturated heterocycles. The van der Waals surface area contributed by atoms with Crippen LogP contribution in [-0.4, -0.2) is 44.7 Å². The maximum atomic E-state index is 10.4. The molecule has 0 aromatic carbocycles. The lowest BCUT2D eigenvalue weighted by Crippen LogP contribution is -2.05. The molecule has 0 saturated carbocycles. The molecule has 0 bridgehead atoms. The lowest BCUT2D eigenvalue weighted by molar-refractivity contribution is -0.137. The number of aliphatic carboxylic acids is 1. The Balaban J connectivity index is 4.01. The zero-order valence-electron chi connectivity index (χ0n) is 15.9. The highest BCUT2D eigenvalue weighted by atomic mass is 16.4. The van der Waals surface area contributed by atoms with Gasteiger partial charge in [0, 0.05) is 6.42 Å². The summed E-state index contributed by atoms with van der Waals surface area (Å²) in [5.41, 5.74) is 0. The predicted octanol–water partition coefficient (Wildman–Crippen LogP) is 3.46. The molecule has 4 N–H and O–H groups in total. The molecule has 0 aliphatic carbocycles. The van der Waals surface area contributed by atoms with E-state index in [1.807, 2.05) is 25.2 Å². The van der Waals surface area contributed by atoms with E-state index in [0.29, 0.717) is 12.8 Å². The largest absolute Gasteiger partial charge is 0.481 e. The van der Waals surface area contributed by atoms with Crippen molar-refractivity contribution in [3.8, 4) is 0 Å². The van der Waals surface area contributed by atoms with Gasteiger partial charge < -0.3 is 20.4 Å². The molecule has 0 aromatic rings. The van der Waals surface area contributed by atoms with Crippen LogP contribution < -0.4 is 0 Å². The maximum Gasteiger partial charge on any atom is 0.303 e. The molecule has 0 aliphatic rings. The van der Waals surface area contributed by atoms with E-state index in [-0.39, 0.29) is 12.8 Å². The summed E-state index contributed by atoms with van der Waals surface area (Å²) in [5, 5.41) is 37.5. The summed E-state index contributed by atoms with van der Waals surface area (Å²) in [4.78, 5) is 10.4. The van der Waals surface area contributed by atoms with Crippen LogP contribution in [0, 0.1) is 0 Å². The minimum absolute atomic E-state index is 0.0705. The van der Waals surface area contributed by atoms with Crippen LogP contribution in [0.1, 0.15) is 39.0 Å². The van der Waals surface area contributed by atoms with Crippen molar-refractivity contribution in [2.45, 2.75) is 57.3 Å². The first-order chi connectivity index (χ1) is 13.0.